The molecule has 15 heavy (non-hydrogen) atoms. The molecule has 0 spiro atoms. The maximum atomic E-state index is 6.03. The predicted octanol–water partition coefficient (Wildman–Crippen LogP) is 3.28. The number of nitrogens with zero attached hydrogens (tertiary/aromatic N) is 2. The van der Waals surface area contributed by atoms with E-state index in [2.05, 4.69) is 4.99 Å². The zero-order chi connectivity index (χ0) is 10.8. The molecule has 0 aliphatic carbocycles. The van der Waals surface area contributed by atoms with Gasteiger partial charge in [0, 0.05) is 23.6 Å². The van der Waals surface area contributed by atoms with Crippen LogP contribution in [0.2, 0.25) is 5.02 Å². The van der Waals surface area contributed by atoms with Crippen LogP contribution in [0.3, 0.4) is 0 Å². The smallest absolute Gasteiger partial charge is 0.189 e. The van der Waals surface area contributed by atoms with E-state index in [1.165, 1.54) is 0 Å². The molecule has 0 unspecified atom stereocenters. The van der Waals surface area contributed by atoms with Gasteiger partial charge in [0.05, 0.1) is 5.69 Å². The van der Waals surface area contributed by atoms with Crippen molar-refractivity contribution < 1.29 is 0 Å². The first-order chi connectivity index (χ1) is 7.18. The van der Waals surface area contributed by atoms with Crippen molar-refractivity contribution in [1.29, 1.82) is 0 Å². The number of aryl methyl sites for hydroxylation is 1. The molecule has 1 aromatic carbocycles. The summed E-state index contributed by atoms with van der Waals surface area (Å²) in [6, 6.07) is 5.77. The van der Waals surface area contributed by atoms with Gasteiger partial charge in [-0.25, -0.2) is 4.99 Å². The monoisotopic (exact) mass is 238 g/mol. The third-order valence-corrected chi connectivity index (χ3v) is 3.47. The zero-order valence-electron chi connectivity index (χ0n) is 8.57. The molecule has 0 amide bonds. The van der Waals surface area contributed by atoms with E-state index in [0.29, 0.717) is 0 Å². The van der Waals surface area contributed by atoms with Crippen LogP contribution in [0, 0.1) is 6.92 Å². The average Bonchev–Trinajstić information content (AvgIpc) is 2.60. The van der Waals surface area contributed by atoms with Gasteiger partial charge in [-0.05, 0) is 24.6 Å². The Bertz CT molecular complexity index is 540. The highest BCUT2D eigenvalue weighted by Crippen LogP contribution is 2.24. The van der Waals surface area contributed by atoms with Gasteiger partial charge in [0.25, 0.3) is 0 Å². The Labute approximate surface area is 97.5 Å². The van der Waals surface area contributed by atoms with Crippen molar-refractivity contribution in [3.05, 3.63) is 45.2 Å². The second kappa shape index (κ2) is 4.21. The summed E-state index contributed by atoms with van der Waals surface area (Å²) in [6.07, 6.45) is 1.99. The minimum absolute atomic E-state index is 0.760. The molecule has 2 aromatic rings. The Morgan fingerprint density at radius 2 is 2.20 bits per heavy atom. The van der Waals surface area contributed by atoms with Gasteiger partial charge in [-0.15, -0.1) is 11.3 Å². The van der Waals surface area contributed by atoms with Crippen molar-refractivity contribution in [3.63, 3.8) is 0 Å². The highest BCUT2D eigenvalue weighted by molar-refractivity contribution is 7.07. The Kier molecular flexibility index (Phi) is 2.93. The molecule has 0 fully saturated rings. The fourth-order valence-corrected chi connectivity index (χ4v) is 2.17. The van der Waals surface area contributed by atoms with Gasteiger partial charge in [-0.3, -0.25) is 0 Å². The van der Waals surface area contributed by atoms with Crippen LogP contribution in [-0.2, 0) is 7.05 Å². The summed E-state index contributed by atoms with van der Waals surface area (Å²) in [5.74, 6) is 0. The number of rotatable bonds is 1. The lowest BCUT2D eigenvalue weighted by atomic mass is 10.2. The van der Waals surface area contributed by atoms with Crippen molar-refractivity contribution in [2.45, 2.75) is 6.92 Å². The summed E-state index contributed by atoms with van der Waals surface area (Å²) in [4.78, 5) is 5.53. The van der Waals surface area contributed by atoms with Gasteiger partial charge in [0.2, 0.25) is 0 Å². The maximum Gasteiger partial charge on any atom is 0.189 e. The second-order valence-corrected chi connectivity index (χ2v) is 4.57. The fourth-order valence-electron chi connectivity index (χ4n) is 1.25. The van der Waals surface area contributed by atoms with E-state index in [4.69, 9.17) is 11.6 Å². The van der Waals surface area contributed by atoms with Crippen molar-refractivity contribution >= 4 is 28.6 Å². The van der Waals surface area contributed by atoms with Crippen molar-refractivity contribution in [1.82, 2.24) is 4.57 Å². The molecular weight excluding hydrogens is 228 g/mol. The summed E-state index contributed by atoms with van der Waals surface area (Å²) in [6.45, 7) is 1.98. The Morgan fingerprint density at radius 3 is 2.87 bits per heavy atom. The number of benzene rings is 1. The highest BCUT2D eigenvalue weighted by atomic mass is 35.5. The molecule has 0 saturated carbocycles. The van der Waals surface area contributed by atoms with E-state index in [-0.39, 0.29) is 0 Å². The minimum Gasteiger partial charge on any atom is -0.327 e. The normalized spacial score (nSPS) is 12.1. The van der Waals surface area contributed by atoms with E-state index in [9.17, 15) is 0 Å². The van der Waals surface area contributed by atoms with Crippen LogP contribution in [0.1, 0.15) is 5.56 Å². The first-order valence-electron chi connectivity index (χ1n) is 4.58. The largest absolute Gasteiger partial charge is 0.327 e. The standard InChI is InChI=1S/C11H11ClN2S/c1-8-9(12)4-3-5-10(8)13-11-14(2)6-7-15-11/h3-7H,1-2H3. The number of hydrogen-bond donors (Lipinski definition) is 0. The zero-order valence-corrected chi connectivity index (χ0v) is 10.1. The van der Waals surface area contributed by atoms with Crippen LogP contribution < -0.4 is 4.80 Å². The quantitative estimate of drug-likeness (QED) is 0.726. The number of halogens is 1. The van der Waals surface area contributed by atoms with Crippen LogP contribution in [0.5, 0.6) is 0 Å². The Hall–Kier alpha value is -1.06. The molecule has 0 bridgehead atoms. The number of aromatic nitrogens is 1. The van der Waals surface area contributed by atoms with Crippen LogP contribution in [-0.4, -0.2) is 4.57 Å². The molecule has 1 heterocycles. The molecule has 0 radical (unpaired) electrons. The van der Waals surface area contributed by atoms with Gasteiger partial charge < -0.3 is 4.57 Å². The number of hydrogen-bond acceptors (Lipinski definition) is 2. The van der Waals surface area contributed by atoms with Crippen LogP contribution in [0.4, 0.5) is 5.69 Å². The number of thiazole rings is 1. The molecule has 78 valence electrons. The van der Waals surface area contributed by atoms with Gasteiger partial charge in [-0.1, -0.05) is 17.7 Å². The summed E-state index contributed by atoms with van der Waals surface area (Å²) < 4.78 is 1.99. The van der Waals surface area contributed by atoms with Crippen LogP contribution in [0.15, 0.2) is 34.8 Å². The third-order valence-electron chi connectivity index (χ3n) is 2.21. The topological polar surface area (TPSA) is 17.3 Å². The van der Waals surface area contributed by atoms with Gasteiger partial charge in [-0.2, -0.15) is 0 Å². The second-order valence-electron chi connectivity index (χ2n) is 3.29. The molecule has 2 nitrogen and oxygen atoms in total. The molecular formula is C11H11ClN2S. The van der Waals surface area contributed by atoms with Crippen LogP contribution in [0.25, 0.3) is 0 Å². The Balaban J connectivity index is 2.58. The third kappa shape index (κ3) is 2.13. The van der Waals surface area contributed by atoms with E-state index in [1.54, 1.807) is 11.3 Å². The van der Waals surface area contributed by atoms with E-state index < -0.39 is 0 Å². The van der Waals surface area contributed by atoms with Crippen molar-refractivity contribution in [2.75, 3.05) is 0 Å². The predicted molar refractivity (Wildman–Crippen MR) is 64.7 cm³/mol. The minimum atomic E-state index is 0.760. The molecule has 0 N–H and O–H groups in total. The lowest BCUT2D eigenvalue weighted by Gasteiger charge is -2.00. The lowest BCUT2D eigenvalue weighted by Crippen LogP contribution is -2.08. The molecule has 1 aromatic heterocycles. The summed E-state index contributed by atoms with van der Waals surface area (Å²) in [5, 5.41) is 2.77. The van der Waals surface area contributed by atoms with Crippen molar-refractivity contribution in [3.8, 4) is 0 Å². The van der Waals surface area contributed by atoms with Crippen molar-refractivity contribution in [2.24, 2.45) is 12.0 Å². The van der Waals surface area contributed by atoms with Gasteiger partial charge in [0.1, 0.15) is 0 Å². The maximum absolute atomic E-state index is 6.03. The van der Waals surface area contributed by atoms with E-state index >= 15 is 0 Å². The fraction of sp³-hybridized carbons (Fsp3) is 0.182. The van der Waals surface area contributed by atoms with E-state index in [0.717, 1.165) is 21.1 Å². The first kappa shape index (κ1) is 10.5. The SMILES string of the molecule is Cc1c(Cl)cccc1N=c1sccn1C. The molecule has 0 atom stereocenters. The first-order valence-corrected chi connectivity index (χ1v) is 5.84. The molecule has 2 rings (SSSR count). The summed E-state index contributed by atoms with van der Waals surface area (Å²) >= 11 is 7.64. The van der Waals surface area contributed by atoms with Gasteiger partial charge in [0.15, 0.2) is 4.80 Å². The van der Waals surface area contributed by atoms with Crippen LogP contribution >= 0.6 is 22.9 Å². The average molecular weight is 239 g/mol. The highest BCUT2D eigenvalue weighted by Gasteiger charge is 2.00. The molecule has 0 saturated heterocycles. The Morgan fingerprint density at radius 1 is 1.40 bits per heavy atom. The summed E-state index contributed by atoms with van der Waals surface area (Å²) in [5.41, 5.74) is 1.95. The van der Waals surface area contributed by atoms with E-state index in [1.807, 2.05) is 48.3 Å². The lowest BCUT2D eigenvalue weighted by molar-refractivity contribution is 0.873. The summed E-state index contributed by atoms with van der Waals surface area (Å²) in [7, 11) is 1.98. The molecule has 0 aliphatic rings. The molecule has 4 heteroatoms. The van der Waals surface area contributed by atoms with Gasteiger partial charge >= 0.3 is 0 Å². The molecule has 0 aliphatic heterocycles.